The van der Waals surface area contributed by atoms with E-state index in [0.717, 1.165) is 22.2 Å². The minimum absolute atomic E-state index is 0.0101. The number of thioether (sulfide) groups is 1. The van der Waals surface area contributed by atoms with Crippen LogP contribution in [0.1, 0.15) is 17.3 Å². The van der Waals surface area contributed by atoms with E-state index in [9.17, 15) is 9.59 Å². The van der Waals surface area contributed by atoms with Gasteiger partial charge >= 0.3 is 5.97 Å². The van der Waals surface area contributed by atoms with Crippen LogP contribution in [0.4, 0.5) is 5.00 Å². The molecule has 1 aromatic heterocycles. The number of ether oxygens (including phenoxy) is 1. The second-order valence-corrected chi connectivity index (χ2v) is 6.71. The molecule has 24 heavy (non-hydrogen) atoms. The zero-order chi connectivity index (χ0) is 17.5. The lowest BCUT2D eigenvalue weighted by Crippen LogP contribution is -2.18. The molecule has 1 heterocycles. The number of thiophene rings is 1. The molecule has 0 fully saturated rings. The summed E-state index contributed by atoms with van der Waals surface area (Å²) >= 11 is 2.23. The highest BCUT2D eigenvalue weighted by Gasteiger charge is 2.19. The molecule has 1 aromatic carbocycles. The quantitative estimate of drug-likeness (QED) is 0.415. The minimum atomic E-state index is -0.481. The fraction of sp³-hybridized carbons (Fsp3) is 0.188. The summed E-state index contributed by atoms with van der Waals surface area (Å²) in [5.41, 5.74) is 6.50. The van der Waals surface area contributed by atoms with E-state index < -0.39 is 5.97 Å². The largest absolute Gasteiger partial charge is 0.462 e. The molecule has 2 rings (SSSR count). The Balaban J connectivity index is 2.27. The third-order valence-corrected chi connectivity index (χ3v) is 4.71. The zero-order valence-electron chi connectivity index (χ0n) is 13.0. The highest BCUT2D eigenvalue weighted by Crippen LogP contribution is 2.36. The highest BCUT2D eigenvalue weighted by molar-refractivity contribution is 8.14. The van der Waals surface area contributed by atoms with Gasteiger partial charge in [0.15, 0.2) is 5.17 Å². The number of benzene rings is 1. The summed E-state index contributed by atoms with van der Waals surface area (Å²) in [5, 5.41) is 10.1. The fourth-order valence-electron chi connectivity index (χ4n) is 1.90. The van der Waals surface area contributed by atoms with Crippen LogP contribution in [0.25, 0.3) is 10.4 Å². The van der Waals surface area contributed by atoms with Crippen LogP contribution in [0.15, 0.2) is 36.4 Å². The molecule has 0 unspecified atom stereocenters. The standard InChI is InChI=1S/C16H17N3O3S2/c1-2-22-15(21)11-8-12(10-6-4-3-5-7-10)24-14(11)19-13(20)9-23-16(17)18/h3-8H,2,9H2,1H3,(H3,17,18)(H,19,20). The number of rotatable bonds is 6. The van der Waals surface area contributed by atoms with Crippen molar-refractivity contribution in [2.75, 3.05) is 17.7 Å². The summed E-state index contributed by atoms with van der Waals surface area (Å²) in [7, 11) is 0. The lowest BCUT2D eigenvalue weighted by molar-refractivity contribution is -0.113. The van der Waals surface area contributed by atoms with Crippen molar-refractivity contribution in [2.45, 2.75) is 6.92 Å². The first-order chi connectivity index (χ1) is 11.5. The Morgan fingerprint density at radius 2 is 2.04 bits per heavy atom. The van der Waals surface area contributed by atoms with Crippen LogP contribution in [-0.2, 0) is 9.53 Å². The molecular formula is C16H17N3O3S2. The van der Waals surface area contributed by atoms with Gasteiger partial charge in [0.05, 0.1) is 17.9 Å². The summed E-state index contributed by atoms with van der Waals surface area (Å²) in [6.45, 7) is 1.98. The first-order valence-corrected chi connectivity index (χ1v) is 8.94. The van der Waals surface area contributed by atoms with Gasteiger partial charge in [-0.15, -0.1) is 11.3 Å². The molecule has 8 heteroatoms. The fourth-order valence-corrected chi connectivity index (χ4v) is 3.32. The van der Waals surface area contributed by atoms with Crippen molar-refractivity contribution in [3.8, 4) is 10.4 Å². The highest BCUT2D eigenvalue weighted by atomic mass is 32.2. The normalized spacial score (nSPS) is 10.2. The summed E-state index contributed by atoms with van der Waals surface area (Å²) in [6, 6.07) is 11.3. The topological polar surface area (TPSA) is 105 Å². The summed E-state index contributed by atoms with van der Waals surface area (Å²) in [5.74, 6) is -0.802. The predicted octanol–water partition coefficient (Wildman–Crippen LogP) is 3.16. The van der Waals surface area contributed by atoms with Crippen molar-refractivity contribution < 1.29 is 14.3 Å². The first-order valence-electron chi connectivity index (χ1n) is 7.14. The van der Waals surface area contributed by atoms with Crippen molar-refractivity contribution in [1.82, 2.24) is 0 Å². The van der Waals surface area contributed by atoms with E-state index in [-0.39, 0.29) is 23.4 Å². The molecule has 0 aliphatic rings. The van der Waals surface area contributed by atoms with Gasteiger partial charge in [-0.25, -0.2) is 4.79 Å². The van der Waals surface area contributed by atoms with Gasteiger partial charge in [-0.3, -0.25) is 10.2 Å². The number of hydrogen-bond acceptors (Lipinski definition) is 6. The molecule has 4 N–H and O–H groups in total. The van der Waals surface area contributed by atoms with Crippen LogP contribution in [0, 0.1) is 5.41 Å². The number of carbonyl (C=O) groups excluding carboxylic acids is 2. The van der Waals surface area contributed by atoms with E-state index in [2.05, 4.69) is 5.32 Å². The molecule has 1 amide bonds. The third kappa shape index (κ3) is 4.84. The van der Waals surface area contributed by atoms with Crippen LogP contribution in [0.5, 0.6) is 0 Å². The van der Waals surface area contributed by atoms with Gasteiger partial charge in [0, 0.05) is 4.88 Å². The van der Waals surface area contributed by atoms with E-state index >= 15 is 0 Å². The molecule has 0 saturated heterocycles. The van der Waals surface area contributed by atoms with Crippen LogP contribution in [-0.4, -0.2) is 29.4 Å². The number of amidine groups is 1. The Hall–Kier alpha value is -2.32. The third-order valence-electron chi connectivity index (χ3n) is 2.90. The van der Waals surface area contributed by atoms with E-state index in [1.165, 1.54) is 11.3 Å². The monoisotopic (exact) mass is 363 g/mol. The number of carbonyl (C=O) groups is 2. The molecule has 0 radical (unpaired) electrons. The number of hydrogen-bond donors (Lipinski definition) is 3. The molecule has 0 bridgehead atoms. The Morgan fingerprint density at radius 3 is 2.67 bits per heavy atom. The summed E-state index contributed by atoms with van der Waals surface area (Å²) in [6.07, 6.45) is 0. The molecule has 0 aliphatic carbocycles. The second-order valence-electron chi connectivity index (χ2n) is 4.64. The predicted molar refractivity (Wildman–Crippen MR) is 98.7 cm³/mol. The molecule has 2 aromatic rings. The molecule has 6 nitrogen and oxygen atoms in total. The maximum Gasteiger partial charge on any atom is 0.341 e. The van der Waals surface area contributed by atoms with Crippen LogP contribution >= 0.6 is 23.1 Å². The van der Waals surface area contributed by atoms with Crippen LogP contribution in [0.2, 0.25) is 0 Å². The first kappa shape index (κ1) is 18.0. The maximum absolute atomic E-state index is 12.1. The van der Waals surface area contributed by atoms with E-state index in [1.54, 1.807) is 13.0 Å². The second kappa shape index (κ2) is 8.51. The number of amides is 1. The van der Waals surface area contributed by atoms with Gasteiger partial charge < -0.3 is 15.8 Å². The maximum atomic E-state index is 12.1. The summed E-state index contributed by atoms with van der Waals surface area (Å²) in [4.78, 5) is 25.0. The van der Waals surface area contributed by atoms with Crippen molar-refractivity contribution in [3.63, 3.8) is 0 Å². The minimum Gasteiger partial charge on any atom is -0.462 e. The SMILES string of the molecule is CCOC(=O)c1cc(-c2ccccc2)sc1NC(=O)CSC(=N)N. The Bertz CT molecular complexity index is 744. The Labute approximate surface area is 147 Å². The van der Waals surface area contributed by atoms with Gasteiger partial charge in [0.2, 0.25) is 5.91 Å². The number of anilines is 1. The lowest BCUT2D eigenvalue weighted by Gasteiger charge is -2.05. The number of nitrogens with one attached hydrogen (secondary N) is 2. The van der Waals surface area contributed by atoms with E-state index in [4.69, 9.17) is 15.9 Å². The lowest BCUT2D eigenvalue weighted by atomic mass is 10.1. The van der Waals surface area contributed by atoms with E-state index in [0.29, 0.717) is 10.6 Å². The van der Waals surface area contributed by atoms with Gasteiger partial charge in [-0.05, 0) is 18.6 Å². The van der Waals surface area contributed by atoms with Gasteiger partial charge in [-0.1, -0.05) is 42.1 Å². The Morgan fingerprint density at radius 1 is 1.33 bits per heavy atom. The zero-order valence-corrected chi connectivity index (χ0v) is 14.6. The molecule has 126 valence electrons. The average molecular weight is 363 g/mol. The number of nitrogens with two attached hydrogens (primary N) is 1. The molecule has 0 saturated carbocycles. The molecular weight excluding hydrogens is 346 g/mol. The molecule has 0 atom stereocenters. The van der Waals surface area contributed by atoms with E-state index in [1.807, 2.05) is 30.3 Å². The number of esters is 1. The Kier molecular flexibility index (Phi) is 6.39. The molecule has 0 aliphatic heterocycles. The van der Waals surface area contributed by atoms with Crippen LogP contribution < -0.4 is 11.1 Å². The van der Waals surface area contributed by atoms with Gasteiger partial charge in [0.1, 0.15) is 5.00 Å². The van der Waals surface area contributed by atoms with Crippen molar-refractivity contribution in [2.24, 2.45) is 5.73 Å². The molecule has 0 spiro atoms. The van der Waals surface area contributed by atoms with Crippen LogP contribution in [0.3, 0.4) is 0 Å². The van der Waals surface area contributed by atoms with Crippen molar-refractivity contribution in [1.29, 1.82) is 5.41 Å². The van der Waals surface area contributed by atoms with Crippen molar-refractivity contribution >= 4 is 45.1 Å². The average Bonchev–Trinajstić information content (AvgIpc) is 2.98. The van der Waals surface area contributed by atoms with Gasteiger partial charge in [0.25, 0.3) is 0 Å². The summed E-state index contributed by atoms with van der Waals surface area (Å²) < 4.78 is 5.05. The van der Waals surface area contributed by atoms with Gasteiger partial charge in [-0.2, -0.15) is 0 Å². The smallest absolute Gasteiger partial charge is 0.341 e. The van der Waals surface area contributed by atoms with Crippen molar-refractivity contribution in [3.05, 3.63) is 42.0 Å².